The summed E-state index contributed by atoms with van der Waals surface area (Å²) >= 11 is 0. The zero-order valence-electron chi connectivity index (χ0n) is 55.9. The van der Waals surface area contributed by atoms with Gasteiger partial charge in [0, 0.05) is 54.9 Å². The van der Waals surface area contributed by atoms with Gasteiger partial charge in [-0.3, -0.25) is 52.8 Å². The Kier molecular flexibility index (Phi) is 31.9. The average Bonchev–Trinajstić information content (AvgIpc) is 3.54. The standard InChI is InChI=1S/C62H113N11O11/c1-25-27-28-41(15)53(75)52-57(79)65-44(26-2)59(81)68(19)34-50(74)69(20)45(29-35(3)4)56(78)66-51(40(13)14)62(84)70(21)46(30-36(5)6)55(77)63-42(16)54(76)64-43(17)58(80)71(22)47(31-37(7)8)60(82)72(23)48(32-38(9)10)61(83)73(24)49(39(11)12)33-67(52)18/h25,27,35-49,51-53,75H,26,28-34H2,1-24H3,(H,63,77)(H,64,76)(H,65,79)(H,66,78)/b27-25+/t41-,42+,43-,44+,45+,46?,47+,48+,49-,51+,52+,53-/m1/s1. The summed E-state index contributed by atoms with van der Waals surface area (Å²) in [6, 6.07) is -10.8. The number of hydrogen-bond acceptors (Lipinski definition) is 12. The molecule has 0 saturated carbocycles. The highest BCUT2D eigenvalue weighted by Gasteiger charge is 2.43. The Morgan fingerprint density at radius 1 is 0.500 bits per heavy atom. The van der Waals surface area contributed by atoms with E-state index in [0.29, 0.717) is 6.42 Å². The fourth-order valence-corrected chi connectivity index (χ4v) is 10.7. The number of aliphatic hydroxyl groups excluding tert-OH is 1. The molecule has 1 rings (SSSR count). The van der Waals surface area contributed by atoms with E-state index in [0.717, 1.165) is 0 Å². The summed E-state index contributed by atoms with van der Waals surface area (Å²) in [6.45, 7) is 30.5. The van der Waals surface area contributed by atoms with Crippen LogP contribution in [-0.4, -0.2) is 227 Å². The predicted molar refractivity (Wildman–Crippen MR) is 328 cm³/mol. The molecule has 482 valence electrons. The minimum Gasteiger partial charge on any atom is -0.391 e. The van der Waals surface area contributed by atoms with Crippen molar-refractivity contribution >= 4 is 59.1 Å². The molecule has 10 amide bonds. The van der Waals surface area contributed by atoms with Crippen LogP contribution in [-0.2, 0) is 47.9 Å². The number of carbonyl (C=O) groups is 10. The molecule has 5 N–H and O–H groups in total. The van der Waals surface area contributed by atoms with Gasteiger partial charge < -0.3 is 55.8 Å². The molecule has 0 aromatic carbocycles. The molecule has 1 fully saturated rings. The molecule has 1 saturated heterocycles. The Morgan fingerprint density at radius 2 is 0.929 bits per heavy atom. The second kappa shape index (κ2) is 35.1. The topological polar surface area (TPSA) is 262 Å². The van der Waals surface area contributed by atoms with Gasteiger partial charge in [-0.15, -0.1) is 0 Å². The molecular formula is C62H113N11O11. The predicted octanol–water partition coefficient (Wildman–Crippen LogP) is 3.74. The van der Waals surface area contributed by atoms with Gasteiger partial charge in [-0.1, -0.05) is 109 Å². The van der Waals surface area contributed by atoms with Crippen LogP contribution in [0.5, 0.6) is 0 Å². The lowest BCUT2D eigenvalue weighted by Crippen LogP contribution is -2.62. The molecule has 1 unspecified atom stereocenters. The molecule has 1 aliphatic heterocycles. The SMILES string of the molecule is C/C=C/C[C@@H](C)[C@@H](O)[C@H]1C(=O)N[C@@H](CC)C(=O)N(C)CC(=O)N(C)[C@@H](CC(C)C)C(=O)N[C@@H](C(C)C)C(=O)N(C)C(CC(C)C)C(=O)N[C@@H](C)C(=O)N[C@H](C)C(=O)N(C)[C@@H](CC(C)C)C(=O)N(C)[C@@H](CC(C)C)C(=O)N(C)[C@@H](C(C)C)CN1C. The van der Waals surface area contributed by atoms with Gasteiger partial charge >= 0.3 is 0 Å². The molecule has 22 nitrogen and oxygen atoms in total. The number of nitrogens with zero attached hydrogens (tertiary/aromatic N) is 7. The van der Waals surface area contributed by atoms with E-state index in [2.05, 4.69) is 21.3 Å². The summed E-state index contributed by atoms with van der Waals surface area (Å²) in [5.41, 5.74) is 0. The maximum absolute atomic E-state index is 15.1. The van der Waals surface area contributed by atoms with E-state index in [1.165, 1.54) is 66.5 Å². The second-order valence-corrected chi connectivity index (χ2v) is 26.2. The van der Waals surface area contributed by atoms with Crippen LogP contribution in [0, 0.1) is 41.4 Å². The molecule has 0 aliphatic carbocycles. The molecule has 12 atom stereocenters. The van der Waals surface area contributed by atoms with Crippen LogP contribution >= 0.6 is 0 Å². The van der Waals surface area contributed by atoms with Crippen molar-refractivity contribution in [2.24, 2.45) is 41.4 Å². The van der Waals surface area contributed by atoms with Crippen LogP contribution in [0.25, 0.3) is 0 Å². The number of carbonyl (C=O) groups excluding carboxylic acids is 10. The molecule has 0 aromatic heterocycles. The van der Waals surface area contributed by atoms with Crippen LogP contribution in [0.1, 0.15) is 156 Å². The third kappa shape index (κ3) is 22.0. The fraction of sp³-hybridized carbons (Fsp3) is 0.806. The van der Waals surface area contributed by atoms with E-state index < -0.39 is 138 Å². The van der Waals surface area contributed by atoms with E-state index in [-0.39, 0.29) is 74.1 Å². The van der Waals surface area contributed by atoms with Crippen molar-refractivity contribution in [2.45, 2.75) is 223 Å². The molecule has 0 radical (unpaired) electrons. The van der Waals surface area contributed by atoms with Crippen LogP contribution < -0.4 is 21.3 Å². The van der Waals surface area contributed by atoms with Gasteiger partial charge in [-0.25, -0.2) is 0 Å². The molecular weight excluding hydrogens is 1070 g/mol. The largest absolute Gasteiger partial charge is 0.391 e. The Labute approximate surface area is 504 Å². The Hall–Kier alpha value is -5.64. The first-order valence-electron chi connectivity index (χ1n) is 30.6. The highest BCUT2D eigenvalue weighted by atomic mass is 16.3. The molecule has 0 bridgehead atoms. The van der Waals surface area contributed by atoms with Crippen LogP contribution in [0.3, 0.4) is 0 Å². The summed E-state index contributed by atoms with van der Waals surface area (Å²) < 4.78 is 0. The zero-order chi connectivity index (χ0) is 65.1. The maximum Gasteiger partial charge on any atom is 0.245 e. The van der Waals surface area contributed by atoms with Crippen molar-refractivity contribution in [3.05, 3.63) is 12.2 Å². The van der Waals surface area contributed by atoms with E-state index in [9.17, 15) is 48.3 Å². The Balaban J connectivity index is 4.26. The zero-order valence-corrected chi connectivity index (χ0v) is 55.9. The lowest BCUT2D eigenvalue weighted by atomic mass is 9.91. The molecule has 22 heteroatoms. The van der Waals surface area contributed by atoms with Gasteiger partial charge in [0.1, 0.15) is 54.4 Å². The minimum atomic E-state index is -1.27. The lowest BCUT2D eigenvalue weighted by Gasteiger charge is -2.42. The number of hydrogen-bond donors (Lipinski definition) is 5. The van der Waals surface area contributed by atoms with Crippen molar-refractivity contribution in [3.8, 4) is 0 Å². The number of aliphatic hydroxyl groups is 1. The van der Waals surface area contributed by atoms with Crippen LogP contribution in [0.4, 0.5) is 0 Å². The fourth-order valence-electron chi connectivity index (χ4n) is 10.7. The normalized spacial score (nSPS) is 27.3. The van der Waals surface area contributed by atoms with Crippen LogP contribution in [0.15, 0.2) is 12.2 Å². The number of rotatable bonds is 15. The van der Waals surface area contributed by atoms with Gasteiger partial charge in [-0.05, 0) is 108 Å². The molecule has 1 aliphatic rings. The second-order valence-electron chi connectivity index (χ2n) is 26.2. The van der Waals surface area contributed by atoms with E-state index in [1.54, 1.807) is 51.7 Å². The summed E-state index contributed by atoms with van der Waals surface area (Å²) in [4.78, 5) is 155. The van der Waals surface area contributed by atoms with Crippen molar-refractivity contribution in [1.29, 1.82) is 0 Å². The van der Waals surface area contributed by atoms with Crippen molar-refractivity contribution < 1.29 is 53.1 Å². The molecule has 0 aromatic rings. The first-order chi connectivity index (χ1) is 38.8. The van der Waals surface area contributed by atoms with Crippen LogP contribution in [0.2, 0.25) is 0 Å². The van der Waals surface area contributed by atoms with Crippen molar-refractivity contribution in [2.75, 3.05) is 62.4 Å². The lowest BCUT2D eigenvalue weighted by molar-refractivity contribution is -0.152. The number of nitrogens with one attached hydrogen (secondary N) is 4. The highest BCUT2D eigenvalue weighted by Crippen LogP contribution is 2.25. The monoisotopic (exact) mass is 1190 g/mol. The van der Waals surface area contributed by atoms with Crippen molar-refractivity contribution in [1.82, 2.24) is 55.6 Å². The molecule has 84 heavy (non-hydrogen) atoms. The van der Waals surface area contributed by atoms with Gasteiger partial charge in [0.15, 0.2) is 0 Å². The minimum absolute atomic E-state index is 0.0691. The van der Waals surface area contributed by atoms with E-state index >= 15 is 4.79 Å². The average molecular weight is 1190 g/mol. The third-order valence-corrected chi connectivity index (χ3v) is 16.2. The summed E-state index contributed by atoms with van der Waals surface area (Å²) in [5.74, 6) is -7.45. The first-order valence-corrected chi connectivity index (χ1v) is 30.6. The van der Waals surface area contributed by atoms with Crippen molar-refractivity contribution in [3.63, 3.8) is 0 Å². The molecule has 0 spiro atoms. The van der Waals surface area contributed by atoms with Gasteiger partial charge in [0.05, 0.1) is 12.6 Å². The number of likely N-dealkylation sites (N-methyl/N-ethyl adjacent to an activating group) is 7. The summed E-state index contributed by atoms with van der Waals surface area (Å²) in [6.07, 6.45) is 3.85. The third-order valence-electron chi connectivity index (χ3n) is 16.2. The number of allylic oxidation sites excluding steroid dienone is 2. The Morgan fingerprint density at radius 3 is 1.38 bits per heavy atom. The van der Waals surface area contributed by atoms with Gasteiger partial charge in [0.25, 0.3) is 0 Å². The van der Waals surface area contributed by atoms with E-state index in [1.807, 2.05) is 95.2 Å². The number of amides is 10. The maximum atomic E-state index is 15.1. The summed E-state index contributed by atoms with van der Waals surface area (Å²) in [7, 11) is 10.7. The smallest absolute Gasteiger partial charge is 0.245 e. The summed E-state index contributed by atoms with van der Waals surface area (Å²) in [5, 5.41) is 23.3. The first kappa shape index (κ1) is 76.4. The van der Waals surface area contributed by atoms with Gasteiger partial charge in [-0.2, -0.15) is 0 Å². The Bertz CT molecular complexity index is 2240. The quantitative estimate of drug-likeness (QED) is 0.147. The van der Waals surface area contributed by atoms with Gasteiger partial charge in [0.2, 0.25) is 59.1 Å². The molecule has 1 heterocycles. The highest BCUT2D eigenvalue weighted by molar-refractivity contribution is 5.98. The van der Waals surface area contributed by atoms with E-state index in [4.69, 9.17) is 0 Å².